The lowest BCUT2D eigenvalue weighted by atomic mass is 10.1. The molecule has 0 fully saturated rings. The topological polar surface area (TPSA) is 65.7 Å². The maximum atomic E-state index is 12.9. The van der Waals surface area contributed by atoms with Crippen LogP contribution in [0.5, 0.6) is 5.75 Å². The van der Waals surface area contributed by atoms with Crippen LogP contribution >= 0.6 is 11.6 Å². The standard InChI is InChI=1S/C20H17ClO5/c1-12(2)25-17(22)11-24-20-18(23)15-5-3-4-6-16(15)26-19(20)13-7-9-14(21)10-8-13/h3-10,12H,11H2,1-2H3. The molecule has 134 valence electrons. The van der Waals surface area contributed by atoms with E-state index in [4.69, 9.17) is 25.5 Å². The van der Waals surface area contributed by atoms with Crippen LogP contribution in [0, 0.1) is 0 Å². The van der Waals surface area contributed by atoms with E-state index >= 15 is 0 Å². The van der Waals surface area contributed by atoms with Gasteiger partial charge in [0.2, 0.25) is 11.2 Å². The van der Waals surface area contributed by atoms with Crippen LogP contribution in [0.15, 0.2) is 57.7 Å². The number of hydrogen-bond acceptors (Lipinski definition) is 5. The predicted octanol–water partition coefficient (Wildman–Crippen LogP) is 4.44. The Balaban J connectivity index is 2.07. The Kier molecular flexibility index (Phi) is 5.28. The van der Waals surface area contributed by atoms with Crippen molar-refractivity contribution in [2.45, 2.75) is 20.0 Å². The molecule has 0 saturated heterocycles. The van der Waals surface area contributed by atoms with Crippen LogP contribution < -0.4 is 10.2 Å². The number of para-hydroxylation sites is 1. The fourth-order valence-corrected chi connectivity index (χ4v) is 2.60. The smallest absolute Gasteiger partial charge is 0.344 e. The maximum Gasteiger partial charge on any atom is 0.344 e. The van der Waals surface area contributed by atoms with Crippen molar-refractivity contribution in [1.82, 2.24) is 0 Å². The van der Waals surface area contributed by atoms with Crippen molar-refractivity contribution in [3.05, 3.63) is 63.8 Å². The Hall–Kier alpha value is -2.79. The zero-order valence-electron chi connectivity index (χ0n) is 14.3. The summed E-state index contributed by atoms with van der Waals surface area (Å²) in [4.78, 5) is 24.7. The highest BCUT2D eigenvalue weighted by molar-refractivity contribution is 6.30. The molecule has 0 N–H and O–H groups in total. The van der Waals surface area contributed by atoms with Crippen molar-refractivity contribution < 1.29 is 18.7 Å². The van der Waals surface area contributed by atoms with Crippen molar-refractivity contribution in [3.8, 4) is 17.1 Å². The van der Waals surface area contributed by atoms with Gasteiger partial charge in [-0.05, 0) is 50.2 Å². The molecule has 0 atom stereocenters. The largest absolute Gasteiger partial charge is 0.474 e. The molecule has 0 bridgehead atoms. The number of ether oxygens (including phenoxy) is 2. The minimum atomic E-state index is -0.561. The average molecular weight is 373 g/mol. The van der Waals surface area contributed by atoms with E-state index < -0.39 is 5.97 Å². The van der Waals surface area contributed by atoms with Gasteiger partial charge < -0.3 is 13.9 Å². The molecule has 5 nitrogen and oxygen atoms in total. The summed E-state index contributed by atoms with van der Waals surface area (Å²) in [7, 11) is 0. The zero-order valence-corrected chi connectivity index (χ0v) is 15.1. The summed E-state index contributed by atoms with van der Waals surface area (Å²) in [6.07, 6.45) is -0.269. The van der Waals surface area contributed by atoms with Crippen molar-refractivity contribution in [1.29, 1.82) is 0 Å². The van der Waals surface area contributed by atoms with Crippen LogP contribution in [0.4, 0.5) is 0 Å². The number of fused-ring (bicyclic) bond motifs is 1. The van der Waals surface area contributed by atoms with Crippen LogP contribution in [0.2, 0.25) is 5.02 Å². The van der Waals surface area contributed by atoms with Gasteiger partial charge in [0, 0.05) is 10.6 Å². The van der Waals surface area contributed by atoms with Crippen molar-refractivity contribution in [3.63, 3.8) is 0 Å². The van der Waals surface area contributed by atoms with Crippen molar-refractivity contribution >= 4 is 28.5 Å². The van der Waals surface area contributed by atoms with E-state index in [2.05, 4.69) is 0 Å². The molecule has 3 aromatic rings. The first-order chi connectivity index (χ1) is 12.5. The van der Waals surface area contributed by atoms with Gasteiger partial charge >= 0.3 is 5.97 Å². The minimum absolute atomic E-state index is 0.0354. The van der Waals surface area contributed by atoms with Crippen LogP contribution in [-0.4, -0.2) is 18.7 Å². The Morgan fingerprint density at radius 2 is 1.81 bits per heavy atom. The number of benzene rings is 2. The molecule has 0 radical (unpaired) electrons. The quantitative estimate of drug-likeness (QED) is 0.619. The second-order valence-corrected chi connectivity index (χ2v) is 6.36. The van der Waals surface area contributed by atoms with E-state index in [9.17, 15) is 9.59 Å². The van der Waals surface area contributed by atoms with Gasteiger partial charge in [0.1, 0.15) is 5.58 Å². The molecule has 3 rings (SSSR count). The fourth-order valence-electron chi connectivity index (χ4n) is 2.48. The highest BCUT2D eigenvalue weighted by atomic mass is 35.5. The van der Waals surface area contributed by atoms with Crippen LogP contribution in [0.3, 0.4) is 0 Å². The van der Waals surface area contributed by atoms with Gasteiger partial charge in [-0.3, -0.25) is 4.79 Å². The summed E-state index contributed by atoms with van der Waals surface area (Å²) in [5.41, 5.74) is 0.693. The van der Waals surface area contributed by atoms with E-state index in [-0.39, 0.29) is 29.6 Å². The number of halogens is 1. The summed E-state index contributed by atoms with van der Waals surface area (Å²) in [6.45, 7) is 3.09. The molecule has 1 aromatic heterocycles. The number of carbonyl (C=O) groups excluding carboxylic acids is 1. The lowest BCUT2D eigenvalue weighted by Gasteiger charge is -2.12. The number of carbonyl (C=O) groups is 1. The molecule has 0 spiro atoms. The van der Waals surface area contributed by atoms with Gasteiger partial charge in [0.05, 0.1) is 11.5 Å². The third kappa shape index (κ3) is 3.89. The summed E-state index contributed by atoms with van der Waals surface area (Å²) in [5, 5.41) is 0.928. The molecular formula is C20H17ClO5. The predicted molar refractivity (Wildman–Crippen MR) is 99.7 cm³/mol. The Bertz CT molecular complexity index is 989. The Morgan fingerprint density at radius 3 is 2.50 bits per heavy atom. The van der Waals surface area contributed by atoms with Crippen molar-refractivity contribution in [2.24, 2.45) is 0 Å². The second-order valence-electron chi connectivity index (χ2n) is 5.92. The number of rotatable bonds is 5. The third-order valence-corrected chi connectivity index (χ3v) is 3.82. The summed E-state index contributed by atoms with van der Waals surface area (Å²) in [6, 6.07) is 13.7. The van der Waals surface area contributed by atoms with Gasteiger partial charge in [0.15, 0.2) is 12.4 Å². The van der Waals surface area contributed by atoms with Gasteiger partial charge in [-0.25, -0.2) is 4.79 Å². The van der Waals surface area contributed by atoms with Crippen LogP contribution in [0.1, 0.15) is 13.8 Å². The van der Waals surface area contributed by atoms with E-state index in [0.29, 0.717) is 21.6 Å². The van der Waals surface area contributed by atoms with E-state index in [1.165, 1.54) is 0 Å². The third-order valence-electron chi connectivity index (χ3n) is 3.56. The minimum Gasteiger partial charge on any atom is -0.474 e. The van der Waals surface area contributed by atoms with Crippen LogP contribution in [-0.2, 0) is 9.53 Å². The van der Waals surface area contributed by atoms with Crippen LogP contribution in [0.25, 0.3) is 22.3 Å². The molecular weight excluding hydrogens is 356 g/mol. The molecule has 0 amide bonds. The summed E-state index contributed by atoms with van der Waals surface area (Å²) in [5.74, 6) is -0.357. The monoisotopic (exact) mass is 372 g/mol. The van der Waals surface area contributed by atoms with Gasteiger partial charge in [-0.15, -0.1) is 0 Å². The van der Waals surface area contributed by atoms with Gasteiger partial charge in [0.25, 0.3) is 0 Å². The van der Waals surface area contributed by atoms with Gasteiger partial charge in [-0.2, -0.15) is 0 Å². The number of hydrogen-bond donors (Lipinski definition) is 0. The maximum absolute atomic E-state index is 12.9. The molecule has 0 aliphatic carbocycles. The van der Waals surface area contributed by atoms with E-state index in [1.807, 2.05) is 0 Å². The Labute approximate surface area is 155 Å². The molecule has 0 aliphatic heterocycles. The first kappa shape index (κ1) is 18.0. The SMILES string of the molecule is CC(C)OC(=O)COc1c(-c2ccc(Cl)cc2)oc2ccccc2c1=O. The summed E-state index contributed by atoms with van der Waals surface area (Å²) >= 11 is 5.93. The molecule has 6 heteroatoms. The van der Waals surface area contributed by atoms with Crippen molar-refractivity contribution in [2.75, 3.05) is 6.61 Å². The first-order valence-corrected chi connectivity index (χ1v) is 8.47. The lowest BCUT2D eigenvalue weighted by Crippen LogP contribution is -2.21. The molecule has 0 saturated carbocycles. The molecule has 1 heterocycles. The highest BCUT2D eigenvalue weighted by Crippen LogP contribution is 2.31. The Morgan fingerprint density at radius 1 is 1.12 bits per heavy atom. The molecule has 2 aromatic carbocycles. The van der Waals surface area contributed by atoms with E-state index in [0.717, 1.165) is 0 Å². The summed E-state index contributed by atoms with van der Waals surface area (Å²) < 4.78 is 16.4. The highest BCUT2D eigenvalue weighted by Gasteiger charge is 2.19. The lowest BCUT2D eigenvalue weighted by molar-refractivity contribution is -0.149. The fraction of sp³-hybridized carbons (Fsp3) is 0.200. The first-order valence-electron chi connectivity index (χ1n) is 8.10. The normalized spacial score (nSPS) is 10.9. The van der Waals surface area contributed by atoms with Gasteiger partial charge in [-0.1, -0.05) is 23.7 Å². The zero-order chi connectivity index (χ0) is 18.7. The number of esters is 1. The van der Waals surface area contributed by atoms with E-state index in [1.54, 1.807) is 62.4 Å². The average Bonchev–Trinajstić information content (AvgIpc) is 2.61. The second kappa shape index (κ2) is 7.62. The molecule has 0 aliphatic rings. The molecule has 26 heavy (non-hydrogen) atoms. The molecule has 0 unspecified atom stereocenters.